The molecule has 0 spiro atoms. The number of rotatable bonds is 6. The molecule has 1 N–H and O–H groups in total. The van der Waals surface area contributed by atoms with E-state index in [1.54, 1.807) is 0 Å². The lowest BCUT2D eigenvalue weighted by Gasteiger charge is -2.21. The highest BCUT2D eigenvalue weighted by Gasteiger charge is 2.13. The van der Waals surface area contributed by atoms with Crippen LogP contribution in [0.5, 0.6) is 0 Å². The number of likely N-dealkylation sites (tertiary alicyclic amines) is 1. The Hall–Kier alpha value is -0.0800. The molecule has 0 aromatic rings. The van der Waals surface area contributed by atoms with E-state index in [1.165, 1.54) is 51.7 Å². The molecule has 1 saturated heterocycles. The van der Waals surface area contributed by atoms with Crippen LogP contribution in [0.1, 0.15) is 52.9 Å². The van der Waals surface area contributed by atoms with Gasteiger partial charge in [0.2, 0.25) is 0 Å². The van der Waals surface area contributed by atoms with Crippen LogP contribution in [0.25, 0.3) is 0 Å². The first kappa shape index (κ1) is 14.0. The van der Waals surface area contributed by atoms with Gasteiger partial charge in [-0.25, -0.2) is 0 Å². The van der Waals surface area contributed by atoms with Gasteiger partial charge in [-0.2, -0.15) is 0 Å². The van der Waals surface area contributed by atoms with Gasteiger partial charge in [0.25, 0.3) is 0 Å². The first-order valence-corrected chi connectivity index (χ1v) is 7.18. The van der Waals surface area contributed by atoms with E-state index in [0.717, 1.165) is 12.5 Å². The predicted octanol–water partition coefficient (Wildman–Crippen LogP) is 2.89. The van der Waals surface area contributed by atoms with Crippen molar-refractivity contribution in [3.63, 3.8) is 0 Å². The molecular formula is C14H30N2. The highest BCUT2D eigenvalue weighted by molar-refractivity contribution is 4.69. The van der Waals surface area contributed by atoms with E-state index in [2.05, 4.69) is 31.0 Å². The molecule has 0 radical (unpaired) electrons. The zero-order valence-electron chi connectivity index (χ0n) is 11.5. The fourth-order valence-electron chi connectivity index (χ4n) is 2.55. The van der Waals surface area contributed by atoms with Gasteiger partial charge in [-0.3, -0.25) is 0 Å². The van der Waals surface area contributed by atoms with Crippen LogP contribution >= 0.6 is 0 Å². The average Bonchev–Trinajstić information content (AvgIpc) is 2.44. The third-order valence-corrected chi connectivity index (χ3v) is 3.75. The van der Waals surface area contributed by atoms with Crippen molar-refractivity contribution in [2.75, 3.05) is 26.2 Å². The molecule has 2 unspecified atom stereocenters. The molecule has 1 heterocycles. The van der Waals surface area contributed by atoms with Crippen LogP contribution in [-0.2, 0) is 0 Å². The fraction of sp³-hybridized carbons (Fsp3) is 1.00. The van der Waals surface area contributed by atoms with Crippen molar-refractivity contribution in [2.24, 2.45) is 5.92 Å². The molecule has 2 heteroatoms. The van der Waals surface area contributed by atoms with Crippen molar-refractivity contribution in [3.8, 4) is 0 Å². The minimum Gasteiger partial charge on any atom is -0.313 e. The van der Waals surface area contributed by atoms with Crippen molar-refractivity contribution in [1.82, 2.24) is 10.2 Å². The van der Waals surface area contributed by atoms with E-state index >= 15 is 0 Å². The molecule has 2 nitrogen and oxygen atoms in total. The van der Waals surface area contributed by atoms with Crippen molar-refractivity contribution in [2.45, 2.75) is 58.9 Å². The van der Waals surface area contributed by atoms with Gasteiger partial charge in [-0.1, -0.05) is 20.3 Å². The largest absolute Gasteiger partial charge is 0.313 e. The van der Waals surface area contributed by atoms with Crippen LogP contribution in [0, 0.1) is 5.92 Å². The van der Waals surface area contributed by atoms with Crippen LogP contribution in [0.4, 0.5) is 0 Å². The summed E-state index contributed by atoms with van der Waals surface area (Å²) in [6.45, 7) is 12.0. The molecule has 1 fully saturated rings. The van der Waals surface area contributed by atoms with Gasteiger partial charge in [-0.05, 0) is 51.6 Å². The van der Waals surface area contributed by atoms with Gasteiger partial charge in [0.15, 0.2) is 0 Å². The Morgan fingerprint density at radius 1 is 1.31 bits per heavy atom. The van der Waals surface area contributed by atoms with E-state index in [9.17, 15) is 0 Å². The van der Waals surface area contributed by atoms with Crippen molar-refractivity contribution in [1.29, 1.82) is 0 Å². The van der Waals surface area contributed by atoms with Crippen molar-refractivity contribution in [3.05, 3.63) is 0 Å². The summed E-state index contributed by atoms with van der Waals surface area (Å²) in [6, 6.07) is 0.691. The van der Waals surface area contributed by atoms with Crippen molar-refractivity contribution >= 4 is 0 Å². The molecule has 0 aromatic carbocycles. The van der Waals surface area contributed by atoms with E-state index in [0.29, 0.717) is 6.04 Å². The lowest BCUT2D eigenvalue weighted by molar-refractivity contribution is 0.276. The molecule has 0 amide bonds. The maximum absolute atomic E-state index is 3.62. The molecule has 0 aromatic heterocycles. The third kappa shape index (κ3) is 5.86. The summed E-state index contributed by atoms with van der Waals surface area (Å²) in [5.41, 5.74) is 0. The first-order chi connectivity index (χ1) is 7.72. The topological polar surface area (TPSA) is 15.3 Å². The summed E-state index contributed by atoms with van der Waals surface area (Å²) >= 11 is 0. The Morgan fingerprint density at radius 3 is 2.88 bits per heavy atom. The second-order valence-electron chi connectivity index (χ2n) is 5.52. The van der Waals surface area contributed by atoms with Crippen LogP contribution in [-0.4, -0.2) is 37.1 Å². The van der Waals surface area contributed by atoms with E-state index in [1.807, 2.05) is 0 Å². The summed E-state index contributed by atoms with van der Waals surface area (Å²) < 4.78 is 0. The molecule has 0 aliphatic carbocycles. The lowest BCUT2D eigenvalue weighted by atomic mass is 10.0. The number of hydrogen-bond acceptors (Lipinski definition) is 2. The van der Waals surface area contributed by atoms with Gasteiger partial charge in [0.1, 0.15) is 0 Å². The maximum atomic E-state index is 3.62. The quantitative estimate of drug-likeness (QED) is 0.749. The second-order valence-corrected chi connectivity index (χ2v) is 5.52. The fourth-order valence-corrected chi connectivity index (χ4v) is 2.55. The van der Waals surface area contributed by atoms with Crippen molar-refractivity contribution < 1.29 is 0 Å². The molecule has 2 atom stereocenters. The molecule has 16 heavy (non-hydrogen) atoms. The van der Waals surface area contributed by atoms with Gasteiger partial charge < -0.3 is 10.2 Å². The zero-order chi connectivity index (χ0) is 11.8. The summed E-state index contributed by atoms with van der Waals surface area (Å²) in [5, 5.41) is 3.62. The van der Waals surface area contributed by atoms with Crippen LogP contribution in [0.3, 0.4) is 0 Å². The predicted molar refractivity (Wildman–Crippen MR) is 71.8 cm³/mol. The molecule has 96 valence electrons. The molecule has 1 aliphatic heterocycles. The minimum atomic E-state index is 0.691. The maximum Gasteiger partial charge on any atom is 0.0107 e. The number of hydrogen-bond donors (Lipinski definition) is 1. The normalized spacial score (nSPS) is 25.3. The Labute approximate surface area is 102 Å². The standard InChI is InChI=1S/C14H30N2/c1-4-6-14(3)15-9-12-16-10-5-7-13(2)8-11-16/h13-15H,4-12H2,1-3H3. The lowest BCUT2D eigenvalue weighted by Crippen LogP contribution is -2.36. The molecular weight excluding hydrogens is 196 g/mol. The van der Waals surface area contributed by atoms with E-state index < -0.39 is 0 Å². The molecule has 1 rings (SSSR count). The van der Waals surface area contributed by atoms with Gasteiger partial charge in [-0.15, -0.1) is 0 Å². The smallest absolute Gasteiger partial charge is 0.0107 e. The third-order valence-electron chi connectivity index (χ3n) is 3.75. The molecule has 0 bridgehead atoms. The first-order valence-electron chi connectivity index (χ1n) is 7.18. The van der Waals surface area contributed by atoms with Crippen LogP contribution < -0.4 is 5.32 Å². The Morgan fingerprint density at radius 2 is 2.12 bits per heavy atom. The summed E-state index contributed by atoms with van der Waals surface area (Å²) in [5.74, 6) is 0.942. The highest BCUT2D eigenvalue weighted by Crippen LogP contribution is 2.15. The summed E-state index contributed by atoms with van der Waals surface area (Å²) in [4.78, 5) is 2.63. The van der Waals surface area contributed by atoms with E-state index in [-0.39, 0.29) is 0 Å². The molecule has 0 saturated carbocycles. The number of nitrogens with zero attached hydrogens (tertiary/aromatic N) is 1. The average molecular weight is 226 g/mol. The minimum absolute atomic E-state index is 0.691. The Kier molecular flexibility index (Phi) is 7.06. The van der Waals surface area contributed by atoms with E-state index in [4.69, 9.17) is 0 Å². The van der Waals surface area contributed by atoms with Gasteiger partial charge in [0, 0.05) is 19.1 Å². The Balaban J connectivity index is 2.07. The summed E-state index contributed by atoms with van der Waals surface area (Å²) in [7, 11) is 0. The Bertz CT molecular complexity index is 170. The van der Waals surface area contributed by atoms with Crippen LogP contribution in [0.15, 0.2) is 0 Å². The zero-order valence-corrected chi connectivity index (χ0v) is 11.5. The van der Waals surface area contributed by atoms with Crippen LogP contribution in [0.2, 0.25) is 0 Å². The SMILES string of the molecule is CCCC(C)NCCN1CCCC(C)CC1. The second kappa shape index (κ2) is 8.08. The van der Waals surface area contributed by atoms with Gasteiger partial charge >= 0.3 is 0 Å². The van der Waals surface area contributed by atoms with Gasteiger partial charge in [0.05, 0.1) is 0 Å². The monoisotopic (exact) mass is 226 g/mol. The molecule has 1 aliphatic rings. The highest BCUT2D eigenvalue weighted by atomic mass is 15.1. The number of nitrogens with one attached hydrogen (secondary N) is 1. The summed E-state index contributed by atoms with van der Waals surface area (Å²) in [6.07, 6.45) is 6.80.